The molecule has 0 spiro atoms. The molecule has 0 bridgehead atoms. The normalized spacial score (nSPS) is 26.8. The summed E-state index contributed by atoms with van der Waals surface area (Å²) in [6.07, 6.45) is 8.65. The molecule has 0 saturated heterocycles. The van der Waals surface area contributed by atoms with E-state index in [1.807, 2.05) is 0 Å². The maximum atomic E-state index is 3.64. The largest absolute Gasteiger partial charge is 0.144 e. The number of thiophene rings is 1. The highest BCUT2D eigenvalue weighted by Crippen LogP contribution is 2.21. The first-order chi connectivity index (χ1) is 5.67. The zero-order chi connectivity index (χ0) is 8.60. The van der Waals surface area contributed by atoms with Crippen LogP contribution >= 0.6 is 27.3 Å². The van der Waals surface area contributed by atoms with Gasteiger partial charge in [0.1, 0.15) is 0 Å². The Hall–Kier alpha value is -0.340. The van der Waals surface area contributed by atoms with E-state index in [-0.39, 0.29) is 4.32 Å². The van der Waals surface area contributed by atoms with Crippen LogP contribution < -0.4 is 9.75 Å². The van der Waals surface area contributed by atoms with Gasteiger partial charge in [-0.1, -0.05) is 34.2 Å². The van der Waals surface area contributed by atoms with Crippen molar-refractivity contribution < 1.29 is 0 Å². The van der Waals surface area contributed by atoms with Crippen LogP contribution in [-0.4, -0.2) is 4.32 Å². The van der Waals surface area contributed by atoms with E-state index in [4.69, 9.17) is 0 Å². The van der Waals surface area contributed by atoms with Crippen LogP contribution in [0.5, 0.6) is 0 Å². The SMILES string of the molecule is CC1(Br)C=CC=c2sccc2=C1. The smallest absolute Gasteiger partial charge is 0.0600 e. The van der Waals surface area contributed by atoms with E-state index in [9.17, 15) is 0 Å². The lowest BCUT2D eigenvalue weighted by Crippen LogP contribution is -2.20. The second-order valence-electron chi connectivity index (χ2n) is 3.06. The van der Waals surface area contributed by atoms with E-state index in [1.54, 1.807) is 11.3 Å². The van der Waals surface area contributed by atoms with Crippen LogP contribution in [0, 0.1) is 0 Å². The fourth-order valence-corrected chi connectivity index (χ4v) is 2.44. The van der Waals surface area contributed by atoms with Crippen LogP contribution in [0.3, 0.4) is 0 Å². The maximum absolute atomic E-state index is 3.64. The number of alkyl halides is 1. The zero-order valence-electron chi connectivity index (χ0n) is 6.75. The van der Waals surface area contributed by atoms with E-state index in [1.165, 1.54) is 9.75 Å². The van der Waals surface area contributed by atoms with Gasteiger partial charge >= 0.3 is 0 Å². The minimum Gasteiger partial charge on any atom is -0.144 e. The average molecular weight is 241 g/mol. The summed E-state index contributed by atoms with van der Waals surface area (Å²) in [4.78, 5) is 0. The molecule has 0 aliphatic heterocycles. The van der Waals surface area contributed by atoms with E-state index in [0.29, 0.717) is 0 Å². The predicted molar refractivity (Wildman–Crippen MR) is 59.0 cm³/mol. The standard InChI is InChI=1S/C10H9BrS/c1-10(11)5-2-3-9-8(7-10)4-6-12-9/h2-7H,1H3. The Balaban J connectivity index is 2.75. The van der Waals surface area contributed by atoms with Crippen molar-refractivity contribution in [3.63, 3.8) is 0 Å². The van der Waals surface area contributed by atoms with Gasteiger partial charge in [-0.2, -0.15) is 0 Å². The lowest BCUT2D eigenvalue weighted by atomic mass is 10.1. The lowest BCUT2D eigenvalue weighted by molar-refractivity contribution is 1.09. The minimum atomic E-state index is 0.00975. The third kappa shape index (κ3) is 1.54. The molecule has 12 heavy (non-hydrogen) atoms. The number of rotatable bonds is 0. The van der Waals surface area contributed by atoms with Crippen LogP contribution in [0.1, 0.15) is 6.92 Å². The van der Waals surface area contributed by atoms with Gasteiger partial charge in [0.25, 0.3) is 0 Å². The molecule has 1 atom stereocenters. The van der Waals surface area contributed by atoms with Gasteiger partial charge in [-0.15, -0.1) is 11.3 Å². The first-order valence-electron chi connectivity index (χ1n) is 3.82. The maximum Gasteiger partial charge on any atom is 0.0600 e. The third-order valence-corrected chi connectivity index (χ3v) is 3.23. The van der Waals surface area contributed by atoms with E-state index < -0.39 is 0 Å². The lowest BCUT2D eigenvalue weighted by Gasteiger charge is -2.09. The van der Waals surface area contributed by atoms with Crippen molar-refractivity contribution in [3.8, 4) is 0 Å². The highest BCUT2D eigenvalue weighted by atomic mass is 79.9. The van der Waals surface area contributed by atoms with Crippen molar-refractivity contribution in [2.45, 2.75) is 11.2 Å². The molecular weight excluding hydrogens is 232 g/mol. The predicted octanol–water partition coefficient (Wildman–Crippen LogP) is 2.03. The van der Waals surface area contributed by atoms with Crippen molar-refractivity contribution in [1.82, 2.24) is 0 Å². The number of halogens is 1. The van der Waals surface area contributed by atoms with Crippen molar-refractivity contribution in [3.05, 3.63) is 33.3 Å². The molecule has 0 amide bonds. The summed E-state index contributed by atoms with van der Waals surface area (Å²) >= 11 is 5.42. The van der Waals surface area contributed by atoms with Gasteiger partial charge in [0.05, 0.1) is 4.32 Å². The molecule has 0 N–H and O–H groups in total. The summed E-state index contributed by atoms with van der Waals surface area (Å²) in [5.74, 6) is 0. The number of fused-ring (bicyclic) bond motifs is 1. The Morgan fingerprint density at radius 1 is 1.50 bits per heavy atom. The van der Waals surface area contributed by atoms with Crippen LogP contribution in [-0.2, 0) is 0 Å². The monoisotopic (exact) mass is 240 g/mol. The summed E-state index contributed by atoms with van der Waals surface area (Å²) in [6, 6.07) is 2.16. The molecule has 1 aromatic rings. The molecule has 0 aromatic carbocycles. The molecule has 0 fully saturated rings. The summed E-state index contributed by atoms with van der Waals surface area (Å²) in [5.41, 5.74) is 0. The Bertz CT molecular complexity index is 423. The van der Waals surface area contributed by atoms with Gasteiger partial charge in [0.2, 0.25) is 0 Å². The minimum absolute atomic E-state index is 0.00975. The van der Waals surface area contributed by atoms with Crippen molar-refractivity contribution in [1.29, 1.82) is 0 Å². The molecule has 1 heterocycles. The van der Waals surface area contributed by atoms with Crippen LogP contribution in [0.4, 0.5) is 0 Å². The van der Waals surface area contributed by atoms with Gasteiger partial charge in [-0.3, -0.25) is 0 Å². The second-order valence-corrected chi connectivity index (χ2v) is 5.72. The molecule has 0 nitrogen and oxygen atoms in total. The van der Waals surface area contributed by atoms with Crippen molar-refractivity contribution >= 4 is 39.4 Å². The van der Waals surface area contributed by atoms with Crippen molar-refractivity contribution in [2.75, 3.05) is 0 Å². The van der Waals surface area contributed by atoms with Crippen LogP contribution in [0.25, 0.3) is 12.2 Å². The second kappa shape index (κ2) is 2.86. The third-order valence-electron chi connectivity index (χ3n) is 1.83. The van der Waals surface area contributed by atoms with Gasteiger partial charge in [0, 0.05) is 4.53 Å². The topological polar surface area (TPSA) is 0 Å². The van der Waals surface area contributed by atoms with E-state index in [2.05, 4.69) is 58.6 Å². The zero-order valence-corrected chi connectivity index (χ0v) is 9.15. The number of allylic oxidation sites excluding steroid dienone is 2. The number of hydrogen-bond donors (Lipinski definition) is 0. The average Bonchev–Trinajstić information content (AvgIpc) is 2.31. The first-order valence-corrected chi connectivity index (χ1v) is 5.49. The van der Waals surface area contributed by atoms with Crippen LogP contribution in [0.15, 0.2) is 23.6 Å². The number of hydrogen-bond acceptors (Lipinski definition) is 1. The molecule has 0 saturated carbocycles. The quantitative estimate of drug-likeness (QED) is 0.610. The molecule has 2 heteroatoms. The Morgan fingerprint density at radius 2 is 2.33 bits per heavy atom. The molecule has 1 aliphatic carbocycles. The fraction of sp³-hybridized carbons (Fsp3) is 0.200. The molecule has 0 radical (unpaired) electrons. The Morgan fingerprint density at radius 3 is 3.17 bits per heavy atom. The first kappa shape index (κ1) is 8.27. The van der Waals surface area contributed by atoms with Gasteiger partial charge in [-0.05, 0) is 29.7 Å². The fourth-order valence-electron chi connectivity index (χ4n) is 1.26. The molecule has 62 valence electrons. The molecule has 1 aromatic heterocycles. The van der Waals surface area contributed by atoms with Crippen molar-refractivity contribution in [2.24, 2.45) is 0 Å². The van der Waals surface area contributed by atoms with Gasteiger partial charge in [0.15, 0.2) is 0 Å². The Labute approximate surface area is 84.1 Å². The van der Waals surface area contributed by atoms with E-state index >= 15 is 0 Å². The molecule has 2 rings (SSSR count). The summed E-state index contributed by atoms with van der Waals surface area (Å²) < 4.78 is 1.35. The summed E-state index contributed by atoms with van der Waals surface area (Å²) in [5, 5.41) is 3.45. The van der Waals surface area contributed by atoms with E-state index in [0.717, 1.165) is 0 Å². The molecule has 1 aliphatic rings. The summed E-state index contributed by atoms with van der Waals surface area (Å²) in [6.45, 7) is 2.14. The highest BCUT2D eigenvalue weighted by molar-refractivity contribution is 9.10. The molecule has 1 unspecified atom stereocenters. The van der Waals surface area contributed by atoms with Crippen LogP contribution in [0.2, 0.25) is 0 Å². The summed E-state index contributed by atoms with van der Waals surface area (Å²) in [7, 11) is 0. The van der Waals surface area contributed by atoms with Gasteiger partial charge in [-0.25, -0.2) is 0 Å². The van der Waals surface area contributed by atoms with Gasteiger partial charge < -0.3 is 0 Å². The molecular formula is C10H9BrS. The Kier molecular flexibility index (Phi) is 1.97. The highest BCUT2D eigenvalue weighted by Gasteiger charge is 2.12.